The van der Waals surface area contributed by atoms with E-state index < -0.39 is 0 Å². The van der Waals surface area contributed by atoms with Crippen molar-refractivity contribution in [2.75, 3.05) is 24.8 Å². The van der Waals surface area contributed by atoms with Crippen molar-refractivity contribution < 1.29 is 13.9 Å². The van der Waals surface area contributed by atoms with E-state index in [1.54, 1.807) is 26.3 Å². The molecular weight excluding hydrogens is 413 g/mol. The zero-order valence-corrected chi connectivity index (χ0v) is 18.1. The number of hydrogen-bond acceptors (Lipinski definition) is 4. The van der Waals surface area contributed by atoms with E-state index in [1.807, 2.05) is 48.5 Å². The van der Waals surface area contributed by atoms with Crippen LogP contribution >= 0.6 is 11.8 Å². The molecule has 3 aromatic carbocycles. The molecule has 4 rings (SSSR count). The third-order valence-electron chi connectivity index (χ3n) is 5.01. The number of halogens is 1. The van der Waals surface area contributed by atoms with Gasteiger partial charge in [-0.15, -0.1) is 0 Å². The molecule has 0 spiro atoms. The summed E-state index contributed by atoms with van der Waals surface area (Å²) in [5, 5.41) is 0.768. The molecule has 0 aliphatic carbocycles. The normalized spacial score (nSPS) is 10.9. The van der Waals surface area contributed by atoms with Gasteiger partial charge in [-0.3, -0.25) is 4.79 Å². The SMILES string of the molecule is COc1cccc(Cn2c(SCC(=O)N(C)c3ccc(F)cc3)nc3ccccc32)c1. The third-order valence-corrected chi connectivity index (χ3v) is 5.97. The molecule has 1 amide bonds. The smallest absolute Gasteiger partial charge is 0.237 e. The number of aromatic nitrogens is 2. The predicted octanol–water partition coefficient (Wildman–Crippen LogP) is 4.99. The van der Waals surface area contributed by atoms with Crippen molar-refractivity contribution in [3.8, 4) is 5.75 Å². The van der Waals surface area contributed by atoms with E-state index in [0.717, 1.165) is 27.5 Å². The van der Waals surface area contributed by atoms with Crippen molar-refractivity contribution in [2.24, 2.45) is 0 Å². The van der Waals surface area contributed by atoms with Gasteiger partial charge in [0.25, 0.3) is 0 Å². The van der Waals surface area contributed by atoms with Crippen LogP contribution in [0.15, 0.2) is 78.0 Å². The minimum Gasteiger partial charge on any atom is -0.497 e. The fourth-order valence-corrected chi connectivity index (χ4v) is 4.23. The lowest BCUT2D eigenvalue weighted by Crippen LogP contribution is -2.28. The van der Waals surface area contributed by atoms with Crippen LogP contribution in [0.5, 0.6) is 5.75 Å². The summed E-state index contributed by atoms with van der Waals surface area (Å²) >= 11 is 1.39. The van der Waals surface area contributed by atoms with Gasteiger partial charge < -0.3 is 14.2 Å². The first-order valence-electron chi connectivity index (χ1n) is 9.78. The molecule has 0 atom stereocenters. The largest absolute Gasteiger partial charge is 0.497 e. The standard InChI is InChI=1S/C24H22FN3O2S/c1-27(19-12-10-18(25)11-13-19)23(29)16-31-24-26-21-8-3-4-9-22(21)28(24)15-17-6-5-7-20(14-17)30-2/h3-14H,15-16H2,1-2H3. The number of amides is 1. The zero-order valence-electron chi connectivity index (χ0n) is 17.3. The number of imidazole rings is 1. The Balaban J connectivity index is 1.56. The van der Waals surface area contributed by atoms with Gasteiger partial charge >= 0.3 is 0 Å². The Morgan fingerprint density at radius 2 is 1.87 bits per heavy atom. The van der Waals surface area contributed by atoms with Crippen LogP contribution < -0.4 is 9.64 Å². The summed E-state index contributed by atoms with van der Waals surface area (Å²) in [5.41, 5.74) is 3.62. The monoisotopic (exact) mass is 435 g/mol. The van der Waals surface area contributed by atoms with Gasteiger partial charge in [0.05, 0.1) is 30.4 Å². The molecule has 0 unspecified atom stereocenters. The van der Waals surface area contributed by atoms with E-state index in [1.165, 1.54) is 28.8 Å². The number of rotatable bonds is 7. The third kappa shape index (κ3) is 4.72. The number of benzene rings is 3. The van der Waals surface area contributed by atoms with Crippen LogP contribution in [0.2, 0.25) is 0 Å². The summed E-state index contributed by atoms with van der Waals surface area (Å²) in [4.78, 5) is 19.0. The van der Waals surface area contributed by atoms with Crippen molar-refractivity contribution in [2.45, 2.75) is 11.7 Å². The highest BCUT2D eigenvalue weighted by atomic mass is 32.2. The van der Waals surface area contributed by atoms with Crippen molar-refractivity contribution in [1.29, 1.82) is 0 Å². The summed E-state index contributed by atoms with van der Waals surface area (Å²) in [6.45, 7) is 0.613. The van der Waals surface area contributed by atoms with Gasteiger partial charge in [0.15, 0.2) is 5.16 Å². The molecule has 1 heterocycles. The van der Waals surface area contributed by atoms with Gasteiger partial charge in [-0.1, -0.05) is 36.0 Å². The fourth-order valence-electron chi connectivity index (χ4n) is 3.30. The van der Waals surface area contributed by atoms with Gasteiger partial charge in [0.1, 0.15) is 11.6 Å². The van der Waals surface area contributed by atoms with E-state index in [4.69, 9.17) is 9.72 Å². The number of hydrogen-bond donors (Lipinski definition) is 0. The second kappa shape index (κ2) is 9.22. The molecule has 0 saturated heterocycles. The van der Waals surface area contributed by atoms with E-state index >= 15 is 0 Å². The van der Waals surface area contributed by atoms with Crippen LogP contribution in [0.4, 0.5) is 10.1 Å². The molecule has 0 bridgehead atoms. The zero-order chi connectivity index (χ0) is 21.8. The van der Waals surface area contributed by atoms with Crippen LogP contribution in [0.3, 0.4) is 0 Å². The summed E-state index contributed by atoms with van der Waals surface area (Å²) in [5.74, 6) is 0.601. The van der Waals surface area contributed by atoms with Crippen LogP contribution in [0, 0.1) is 5.82 Å². The van der Waals surface area contributed by atoms with Gasteiger partial charge in [-0.05, 0) is 54.1 Å². The average molecular weight is 436 g/mol. The Morgan fingerprint density at radius 3 is 2.65 bits per heavy atom. The minimum atomic E-state index is -0.328. The summed E-state index contributed by atoms with van der Waals surface area (Å²) in [6, 6.07) is 21.7. The lowest BCUT2D eigenvalue weighted by Gasteiger charge is -2.17. The van der Waals surface area contributed by atoms with Crippen LogP contribution in [-0.2, 0) is 11.3 Å². The molecule has 5 nitrogen and oxygen atoms in total. The number of carbonyl (C=O) groups excluding carboxylic acids is 1. The number of para-hydroxylation sites is 2. The van der Waals surface area contributed by atoms with E-state index in [2.05, 4.69) is 4.57 Å². The second-order valence-electron chi connectivity index (χ2n) is 7.04. The number of nitrogens with zero attached hydrogens (tertiary/aromatic N) is 3. The second-order valence-corrected chi connectivity index (χ2v) is 7.98. The van der Waals surface area contributed by atoms with Crippen LogP contribution in [-0.4, -0.2) is 35.4 Å². The van der Waals surface area contributed by atoms with E-state index in [9.17, 15) is 9.18 Å². The molecule has 31 heavy (non-hydrogen) atoms. The Bertz CT molecular complexity index is 1210. The predicted molar refractivity (Wildman–Crippen MR) is 122 cm³/mol. The molecule has 0 saturated carbocycles. The molecule has 0 fully saturated rings. The Morgan fingerprint density at radius 1 is 1.10 bits per heavy atom. The lowest BCUT2D eigenvalue weighted by atomic mass is 10.2. The Kier molecular flexibility index (Phi) is 6.23. The maximum atomic E-state index is 13.2. The Labute approximate surface area is 184 Å². The molecule has 0 radical (unpaired) electrons. The van der Waals surface area contributed by atoms with Crippen molar-refractivity contribution in [1.82, 2.24) is 9.55 Å². The minimum absolute atomic E-state index is 0.0865. The maximum absolute atomic E-state index is 13.2. The molecular formula is C24H22FN3O2S. The van der Waals surface area contributed by atoms with E-state index in [-0.39, 0.29) is 17.5 Å². The average Bonchev–Trinajstić information content (AvgIpc) is 3.15. The van der Waals surface area contributed by atoms with Crippen LogP contribution in [0.25, 0.3) is 11.0 Å². The summed E-state index contributed by atoms with van der Waals surface area (Å²) < 4.78 is 20.6. The number of ether oxygens (including phenoxy) is 1. The number of thioether (sulfide) groups is 1. The number of carbonyl (C=O) groups is 1. The molecule has 158 valence electrons. The van der Waals surface area contributed by atoms with Gasteiger partial charge in [0, 0.05) is 12.7 Å². The number of fused-ring (bicyclic) bond motifs is 1. The van der Waals surface area contributed by atoms with Gasteiger partial charge in [-0.25, -0.2) is 9.37 Å². The number of methoxy groups -OCH3 is 1. The van der Waals surface area contributed by atoms with Crippen molar-refractivity contribution >= 4 is 34.4 Å². The van der Waals surface area contributed by atoms with Crippen molar-refractivity contribution in [3.63, 3.8) is 0 Å². The first-order chi connectivity index (χ1) is 15.0. The quantitative estimate of drug-likeness (QED) is 0.384. The van der Waals surface area contributed by atoms with Crippen LogP contribution in [0.1, 0.15) is 5.56 Å². The van der Waals surface area contributed by atoms with E-state index in [0.29, 0.717) is 12.2 Å². The first-order valence-corrected chi connectivity index (χ1v) is 10.8. The first kappa shape index (κ1) is 20.9. The maximum Gasteiger partial charge on any atom is 0.237 e. The molecule has 7 heteroatoms. The molecule has 4 aromatic rings. The fraction of sp³-hybridized carbons (Fsp3) is 0.167. The highest BCUT2D eigenvalue weighted by molar-refractivity contribution is 7.99. The van der Waals surface area contributed by atoms with Crippen molar-refractivity contribution in [3.05, 3.63) is 84.2 Å². The lowest BCUT2D eigenvalue weighted by molar-refractivity contribution is -0.115. The molecule has 0 N–H and O–H groups in total. The highest BCUT2D eigenvalue weighted by Crippen LogP contribution is 2.27. The molecule has 0 aliphatic heterocycles. The van der Waals surface area contributed by atoms with Gasteiger partial charge in [0.2, 0.25) is 5.91 Å². The summed E-state index contributed by atoms with van der Waals surface area (Å²) in [7, 11) is 3.34. The molecule has 0 aliphatic rings. The molecule has 1 aromatic heterocycles. The van der Waals surface area contributed by atoms with Gasteiger partial charge in [-0.2, -0.15) is 0 Å². The summed E-state index contributed by atoms with van der Waals surface area (Å²) in [6.07, 6.45) is 0. The number of anilines is 1. The highest BCUT2D eigenvalue weighted by Gasteiger charge is 2.16. The Hall–Kier alpha value is -3.32. The topological polar surface area (TPSA) is 47.4 Å².